The maximum Gasteiger partial charge on any atom is 0.287 e. The number of carbonyl (C=O) groups excluding carboxylic acids is 1. The summed E-state index contributed by atoms with van der Waals surface area (Å²) in [7, 11) is -3.66. The maximum absolute atomic E-state index is 13.0. The van der Waals surface area contributed by atoms with Gasteiger partial charge in [-0.15, -0.1) is 0 Å². The summed E-state index contributed by atoms with van der Waals surface area (Å²) >= 11 is 0. The van der Waals surface area contributed by atoms with Gasteiger partial charge in [-0.05, 0) is 50.3 Å². The quantitative estimate of drug-likeness (QED) is 0.683. The summed E-state index contributed by atoms with van der Waals surface area (Å²) in [5, 5.41) is 2.97. The predicted octanol–water partition coefficient (Wildman–Crippen LogP) is 2.58. The minimum atomic E-state index is -3.66. The molecule has 0 bridgehead atoms. The molecule has 1 aromatic heterocycles. The van der Waals surface area contributed by atoms with E-state index in [1.165, 1.54) is 10.4 Å². The molecule has 1 aromatic carbocycles. The molecule has 2 fully saturated rings. The standard InChI is InChI=1S/C23H28N2O7S/c1-16-21(33(27,28)25-8-2-3-9-25)13-20(32-16)22(26)24-14-23(6-10-29-11-7-23)17-4-5-18-19(12-17)31-15-30-18/h4-5,12-13H,2-3,6-11,14-15H2,1H3,(H,24,26). The Hall–Kier alpha value is -2.56. The van der Waals surface area contributed by atoms with Gasteiger partial charge in [0.25, 0.3) is 5.91 Å². The lowest BCUT2D eigenvalue weighted by Gasteiger charge is -2.38. The Morgan fingerprint density at radius 3 is 2.58 bits per heavy atom. The average Bonchev–Trinajstić information content (AvgIpc) is 3.58. The van der Waals surface area contributed by atoms with Crippen molar-refractivity contribution >= 4 is 15.9 Å². The fourth-order valence-corrected chi connectivity index (χ4v) is 6.47. The number of furan rings is 1. The number of carbonyl (C=O) groups is 1. The largest absolute Gasteiger partial charge is 0.455 e. The molecule has 10 heteroatoms. The number of nitrogens with zero attached hydrogens (tertiary/aromatic N) is 1. The van der Waals surface area contributed by atoms with Crippen molar-refractivity contribution in [3.63, 3.8) is 0 Å². The highest BCUT2D eigenvalue weighted by molar-refractivity contribution is 7.89. The van der Waals surface area contributed by atoms with Gasteiger partial charge in [-0.25, -0.2) is 8.42 Å². The van der Waals surface area contributed by atoms with Crippen molar-refractivity contribution in [3.8, 4) is 11.5 Å². The number of sulfonamides is 1. The lowest BCUT2D eigenvalue weighted by Crippen LogP contribution is -2.44. The second-order valence-electron chi connectivity index (χ2n) is 8.79. The van der Waals surface area contributed by atoms with Crippen molar-refractivity contribution in [3.05, 3.63) is 41.3 Å². The molecular weight excluding hydrogens is 448 g/mol. The number of fused-ring (bicyclic) bond motifs is 1. The van der Waals surface area contributed by atoms with E-state index in [1.807, 2.05) is 18.2 Å². The first-order chi connectivity index (χ1) is 15.9. The summed E-state index contributed by atoms with van der Waals surface area (Å²) in [5.41, 5.74) is 0.712. The number of ether oxygens (including phenoxy) is 3. The molecule has 33 heavy (non-hydrogen) atoms. The summed E-state index contributed by atoms with van der Waals surface area (Å²) in [6.07, 6.45) is 3.15. The van der Waals surface area contributed by atoms with Gasteiger partial charge in [-0.2, -0.15) is 4.31 Å². The van der Waals surface area contributed by atoms with Crippen molar-refractivity contribution < 1.29 is 31.8 Å². The average molecular weight is 477 g/mol. The fraction of sp³-hybridized carbons (Fsp3) is 0.522. The predicted molar refractivity (Wildman–Crippen MR) is 118 cm³/mol. The number of nitrogens with one attached hydrogen (secondary N) is 1. The van der Waals surface area contributed by atoms with Crippen LogP contribution in [0.4, 0.5) is 0 Å². The van der Waals surface area contributed by atoms with Gasteiger partial charge in [0.15, 0.2) is 17.3 Å². The zero-order valence-corrected chi connectivity index (χ0v) is 19.4. The molecule has 1 amide bonds. The summed E-state index contributed by atoms with van der Waals surface area (Å²) in [6, 6.07) is 7.21. The van der Waals surface area contributed by atoms with Crippen LogP contribution in [0.1, 0.15) is 47.6 Å². The van der Waals surface area contributed by atoms with Crippen molar-refractivity contribution in [1.29, 1.82) is 0 Å². The second-order valence-corrected chi connectivity index (χ2v) is 10.7. The van der Waals surface area contributed by atoms with Gasteiger partial charge in [0.05, 0.1) is 0 Å². The topological polar surface area (TPSA) is 107 Å². The molecule has 0 unspecified atom stereocenters. The van der Waals surface area contributed by atoms with Crippen molar-refractivity contribution in [2.45, 2.75) is 42.9 Å². The third-order valence-electron chi connectivity index (χ3n) is 6.80. The first-order valence-electron chi connectivity index (χ1n) is 11.3. The Bertz CT molecular complexity index is 1150. The third-order valence-corrected chi connectivity index (χ3v) is 8.81. The Morgan fingerprint density at radius 2 is 1.82 bits per heavy atom. The van der Waals surface area contributed by atoms with Gasteiger partial charge in [0.1, 0.15) is 10.7 Å². The Labute approximate surface area is 193 Å². The zero-order chi connectivity index (χ0) is 23.1. The monoisotopic (exact) mass is 476 g/mol. The second kappa shape index (κ2) is 8.66. The molecule has 4 heterocycles. The van der Waals surface area contributed by atoms with Gasteiger partial charge in [0.2, 0.25) is 16.8 Å². The minimum absolute atomic E-state index is 0.00170. The van der Waals surface area contributed by atoms with Crippen LogP contribution in [-0.2, 0) is 20.2 Å². The van der Waals surface area contributed by atoms with Crippen LogP contribution in [0.15, 0.2) is 33.6 Å². The van der Waals surface area contributed by atoms with Gasteiger partial charge >= 0.3 is 0 Å². The van der Waals surface area contributed by atoms with E-state index in [2.05, 4.69) is 5.32 Å². The van der Waals surface area contributed by atoms with E-state index < -0.39 is 15.9 Å². The minimum Gasteiger partial charge on any atom is -0.455 e. The molecule has 3 aliphatic heterocycles. The molecule has 9 nitrogen and oxygen atoms in total. The third kappa shape index (κ3) is 4.11. The molecule has 0 aliphatic carbocycles. The van der Waals surface area contributed by atoms with E-state index in [1.54, 1.807) is 6.92 Å². The molecule has 2 saturated heterocycles. The smallest absolute Gasteiger partial charge is 0.287 e. The van der Waals surface area contributed by atoms with E-state index in [0.717, 1.165) is 31.2 Å². The number of benzene rings is 1. The van der Waals surface area contributed by atoms with Crippen LogP contribution in [0, 0.1) is 6.92 Å². The van der Waals surface area contributed by atoms with Crippen LogP contribution < -0.4 is 14.8 Å². The van der Waals surface area contributed by atoms with Crippen LogP contribution in [0.2, 0.25) is 0 Å². The maximum atomic E-state index is 13.0. The Balaban J connectivity index is 1.35. The first kappa shape index (κ1) is 22.2. The van der Waals surface area contributed by atoms with Gasteiger partial charge in [-0.3, -0.25) is 4.79 Å². The molecule has 0 saturated carbocycles. The van der Waals surface area contributed by atoms with Crippen molar-refractivity contribution in [2.75, 3.05) is 39.6 Å². The van der Waals surface area contributed by atoms with Crippen LogP contribution in [-0.4, -0.2) is 58.3 Å². The van der Waals surface area contributed by atoms with Crippen molar-refractivity contribution in [1.82, 2.24) is 9.62 Å². The molecule has 0 atom stereocenters. The summed E-state index contributed by atoms with van der Waals surface area (Å²) < 4.78 is 49.4. The van der Waals surface area contributed by atoms with Gasteiger partial charge < -0.3 is 23.9 Å². The lowest BCUT2D eigenvalue weighted by atomic mass is 9.74. The summed E-state index contributed by atoms with van der Waals surface area (Å²) in [6.45, 7) is 4.30. The number of hydrogen-bond donors (Lipinski definition) is 1. The molecule has 3 aliphatic rings. The Kier molecular flexibility index (Phi) is 5.84. The zero-order valence-electron chi connectivity index (χ0n) is 18.6. The molecule has 5 rings (SSSR count). The van der Waals surface area contributed by atoms with Crippen LogP contribution in [0.25, 0.3) is 0 Å². The lowest BCUT2D eigenvalue weighted by molar-refractivity contribution is 0.0484. The number of hydrogen-bond acceptors (Lipinski definition) is 7. The highest BCUT2D eigenvalue weighted by atomic mass is 32.2. The highest BCUT2D eigenvalue weighted by Crippen LogP contribution is 2.40. The molecule has 2 aromatic rings. The highest BCUT2D eigenvalue weighted by Gasteiger charge is 2.37. The van der Waals surface area contributed by atoms with Crippen LogP contribution in [0.3, 0.4) is 0 Å². The molecule has 0 radical (unpaired) electrons. The van der Waals surface area contributed by atoms with E-state index in [-0.39, 0.29) is 28.6 Å². The Morgan fingerprint density at radius 1 is 1.09 bits per heavy atom. The fourth-order valence-electron chi connectivity index (χ4n) is 4.79. The first-order valence-corrected chi connectivity index (χ1v) is 12.7. The van der Waals surface area contributed by atoms with E-state index in [0.29, 0.717) is 44.3 Å². The summed E-state index contributed by atoms with van der Waals surface area (Å²) in [5.74, 6) is 1.19. The number of amides is 1. The van der Waals surface area contributed by atoms with Crippen LogP contribution >= 0.6 is 0 Å². The van der Waals surface area contributed by atoms with E-state index >= 15 is 0 Å². The van der Waals surface area contributed by atoms with Crippen LogP contribution in [0.5, 0.6) is 11.5 Å². The number of aryl methyl sites for hydroxylation is 1. The van der Waals surface area contributed by atoms with E-state index in [4.69, 9.17) is 18.6 Å². The molecule has 178 valence electrons. The SMILES string of the molecule is Cc1oc(C(=O)NCC2(c3ccc4c(c3)OCO4)CCOCC2)cc1S(=O)(=O)N1CCCC1. The van der Waals surface area contributed by atoms with E-state index in [9.17, 15) is 13.2 Å². The summed E-state index contributed by atoms with van der Waals surface area (Å²) in [4.78, 5) is 13.0. The molecular formula is C23H28N2O7S. The molecule has 0 spiro atoms. The van der Waals surface area contributed by atoms with Crippen molar-refractivity contribution in [2.24, 2.45) is 0 Å². The van der Waals surface area contributed by atoms with Gasteiger partial charge in [-0.1, -0.05) is 6.07 Å². The molecule has 1 N–H and O–H groups in total. The number of rotatable bonds is 6. The van der Waals surface area contributed by atoms with Gasteiger partial charge in [0, 0.05) is 44.3 Å². The normalized spacial score (nSPS) is 20.2.